The fourth-order valence-electron chi connectivity index (χ4n) is 3.32. The Kier molecular flexibility index (Phi) is 8.30. The smallest absolute Gasteiger partial charge is 0.253 e. The first-order valence-corrected chi connectivity index (χ1v) is 9.54. The van der Waals surface area contributed by atoms with Gasteiger partial charge in [0.2, 0.25) is 5.91 Å². The van der Waals surface area contributed by atoms with Crippen molar-refractivity contribution in [3.8, 4) is 0 Å². The van der Waals surface area contributed by atoms with Crippen molar-refractivity contribution in [3.05, 3.63) is 70.7 Å². The molecule has 0 bridgehead atoms. The van der Waals surface area contributed by atoms with Crippen LogP contribution in [0.25, 0.3) is 0 Å². The number of carbonyl (C=O) groups is 2. The number of rotatable bonds is 5. The van der Waals surface area contributed by atoms with Crippen LogP contribution < -0.4 is 10.6 Å². The summed E-state index contributed by atoms with van der Waals surface area (Å²) in [5.41, 5.74) is 1.30. The van der Waals surface area contributed by atoms with Crippen molar-refractivity contribution in [2.45, 2.75) is 25.4 Å². The number of amides is 2. The summed E-state index contributed by atoms with van der Waals surface area (Å²) in [5, 5.41) is 6.67. The Balaban J connectivity index is 0.00000280. The summed E-state index contributed by atoms with van der Waals surface area (Å²) in [7, 11) is 0. The minimum Gasteiger partial charge on any atom is -0.345 e. The minimum absolute atomic E-state index is 0. The third-order valence-electron chi connectivity index (χ3n) is 4.83. The second-order valence-electron chi connectivity index (χ2n) is 6.76. The van der Waals surface area contributed by atoms with Crippen molar-refractivity contribution >= 4 is 35.8 Å². The van der Waals surface area contributed by atoms with Crippen LogP contribution in [0.2, 0.25) is 5.02 Å². The van der Waals surface area contributed by atoms with E-state index in [4.69, 9.17) is 11.6 Å². The predicted molar refractivity (Wildman–Crippen MR) is 114 cm³/mol. The van der Waals surface area contributed by atoms with Gasteiger partial charge in [0.1, 0.15) is 0 Å². The Morgan fingerprint density at radius 2 is 1.86 bits per heavy atom. The highest BCUT2D eigenvalue weighted by Gasteiger charge is 2.27. The molecule has 1 aliphatic heterocycles. The van der Waals surface area contributed by atoms with Gasteiger partial charge in [-0.3, -0.25) is 9.59 Å². The number of halogens is 2. The molecule has 2 N–H and O–H groups in total. The van der Waals surface area contributed by atoms with Gasteiger partial charge in [0.05, 0.1) is 23.0 Å². The summed E-state index contributed by atoms with van der Waals surface area (Å²) >= 11 is 6.15. The molecule has 0 spiro atoms. The van der Waals surface area contributed by atoms with Gasteiger partial charge < -0.3 is 15.5 Å². The first-order valence-electron chi connectivity index (χ1n) is 9.17. The molecular formula is C21H25Cl2N3O2. The van der Waals surface area contributed by atoms with Crippen LogP contribution in [0.4, 0.5) is 0 Å². The van der Waals surface area contributed by atoms with Gasteiger partial charge in [0, 0.05) is 25.7 Å². The van der Waals surface area contributed by atoms with Crippen LogP contribution >= 0.6 is 24.0 Å². The summed E-state index contributed by atoms with van der Waals surface area (Å²) in [6.07, 6.45) is 0.213. The molecule has 0 aliphatic carbocycles. The summed E-state index contributed by atoms with van der Waals surface area (Å²) < 4.78 is 0. The second kappa shape index (κ2) is 10.5. The Morgan fingerprint density at radius 3 is 2.54 bits per heavy atom. The van der Waals surface area contributed by atoms with E-state index in [1.807, 2.05) is 42.2 Å². The van der Waals surface area contributed by atoms with Gasteiger partial charge in [-0.05, 0) is 24.6 Å². The van der Waals surface area contributed by atoms with E-state index in [1.165, 1.54) is 0 Å². The number of hydrogen-bond acceptors (Lipinski definition) is 3. The molecule has 7 heteroatoms. The summed E-state index contributed by atoms with van der Waals surface area (Å²) in [4.78, 5) is 27.5. The first-order chi connectivity index (χ1) is 13.1. The summed E-state index contributed by atoms with van der Waals surface area (Å²) in [6.45, 7) is 4.29. The fourth-order valence-corrected chi connectivity index (χ4v) is 3.54. The Bertz CT molecular complexity index is 801. The molecule has 28 heavy (non-hydrogen) atoms. The van der Waals surface area contributed by atoms with Crippen LogP contribution in [0.1, 0.15) is 35.3 Å². The monoisotopic (exact) mass is 421 g/mol. The van der Waals surface area contributed by atoms with E-state index in [0.29, 0.717) is 17.1 Å². The van der Waals surface area contributed by atoms with Gasteiger partial charge in [-0.25, -0.2) is 0 Å². The van der Waals surface area contributed by atoms with Crippen molar-refractivity contribution in [2.75, 3.05) is 19.6 Å². The van der Waals surface area contributed by atoms with Crippen LogP contribution in [0.15, 0.2) is 54.6 Å². The zero-order chi connectivity index (χ0) is 19.2. The van der Waals surface area contributed by atoms with Crippen LogP contribution in [0.3, 0.4) is 0 Å². The molecule has 1 aliphatic rings. The Morgan fingerprint density at radius 1 is 1.18 bits per heavy atom. The SMILES string of the molecule is CC1CNCCN1C(=O)CC(NC(=O)c1ccccc1Cl)c1ccccc1.Cl. The number of hydrogen-bond donors (Lipinski definition) is 2. The van der Waals surface area contributed by atoms with Crippen molar-refractivity contribution in [3.63, 3.8) is 0 Å². The lowest BCUT2D eigenvalue weighted by Crippen LogP contribution is -2.52. The molecule has 2 aromatic rings. The van der Waals surface area contributed by atoms with E-state index in [1.54, 1.807) is 24.3 Å². The van der Waals surface area contributed by atoms with Crippen molar-refractivity contribution in [1.82, 2.24) is 15.5 Å². The summed E-state index contributed by atoms with van der Waals surface area (Å²) in [6, 6.07) is 16.2. The Hall–Kier alpha value is -2.08. The molecule has 0 radical (unpaired) electrons. The number of carbonyl (C=O) groups excluding carboxylic acids is 2. The van der Waals surface area contributed by atoms with Gasteiger partial charge in [-0.15, -0.1) is 12.4 Å². The highest BCUT2D eigenvalue weighted by Crippen LogP contribution is 2.22. The molecule has 0 saturated carbocycles. The molecule has 1 saturated heterocycles. The number of nitrogens with one attached hydrogen (secondary N) is 2. The molecular weight excluding hydrogens is 397 g/mol. The maximum atomic E-state index is 12.9. The normalized spacial score (nSPS) is 17.4. The molecule has 0 aromatic heterocycles. The standard InChI is InChI=1S/C21H24ClN3O2.ClH/c1-15-14-23-11-12-25(15)20(26)13-19(16-7-3-2-4-8-16)24-21(27)17-9-5-6-10-18(17)22;/h2-10,15,19,23H,11-14H2,1H3,(H,24,27);1H. The summed E-state index contributed by atoms with van der Waals surface area (Å²) in [5.74, 6) is -0.243. The Labute approximate surface area is 176 Å². The molecule has 3 rings (SSSR count). The average molecular weight is 422 g/mol. The topological polar surface area (TPSA) is 61.4 Å². The van der Waals surface area contributed by atoms with Crippen LogP contribution in [-0.2, 0) is 4.79 Å². The van der Waals surface area contributed by atoms with Gasteiger partial charge >= 0.3 is 0 Å². The predicted octanol–water partition coefficient (Wildman–Crippen LogP) is 3.44. The lowest BCUT2D eigenvalue weighted by molar-refractivity contribution is -0.134. The molecule has 150 valence electrons. The largest absolute Gasteiger partial charge is 0.345 e. The molecule has 1 heterocycles. The van der Waals surface area contributed by atoms with Gasteiger partial charge in [-0.1, -0.05) is 54.1 Å². The van der Waals surface area contributed by atoms with E-state index in [2.05, 4.69) is 10.6 Å². The quantitative estimate of drug-likeness (QED) is 0.776. The van der Waals surface area contributed by atoms with E-state index in [0.717, 1.165) is 18.7 Å². The highest BCUT2D eigenvalue weighted by molar-refractivity contribution is 6.33. The minimum atomic E-state index is -0.412. The van der Waals surface area contributed by atoms with Crippen molar-refractivity contribution in [1.29, 1.82) is 0 Å². The molecule has 2 atom stereocenters. The fraction of sp³-hybridized carbons (Fsp3) is 0.333. The van der Waals surface area contributed by atoms with Crippen molar-refractivity contribution < 1.29 is 9.59 Å². The first kappa shape index (κ1) is 22.2. The maximum Gasteiger partial charge on any atom is 0.253 e. The molecule has 2 amide bonds. The van der Waals surface area contributed by atoms with E-state index in [-0.39, 0.29) is 36.7 Å². The molecule has 2 unspecified atom stereocenters. The molecule has 2 aromatic carbocycles. The lowest BCUT2D eigenvalue weighted by Gasteiger charge is -2.35. The van der Waals surface area contributed by atoms with Gasteiger partial charge in [0.15, 0.2) is 0 Å². The molecule has 5 nitrogen and oxygen atoms in total. The van der Waals surface area contributed by atoms with Crippen LogP contribution in [0.5, 0.6) is 0 Å². The van der Waals surface area contributed by atoms with E-state index in [9.17, 15) is 9.59 Å². The third kappa shape index (κ3) is 5.47. The number of piperazine rings is 1. The number of nitrogens with zero attached hydrogens (tertiary/aromatic N) is 1. The van der Waals surface area contributed by atoms with E-state index < -0.39 is 6.04 Å². The zero-order valence-electron chi connectivity index (χ0n) is 15.7. The second-order valence-corrected chi connectivity index (χ2v) is 7.17. The third-order valence-corrected chi connectivity index (χ3v) is 5.16. The van der Waals surface area contributed by atoms with E-state index >= 15 is 0 Å². The molecule has 1 fully saturated rings. The van der Waals surface area contributed by atoms with Gasteiger partial charge in [-0.2, -0.15) is 0 Å². The zero-order valence-corrected chi connectivity index (χ0v) is 17.3. The van der Waals surface area contributed by atoms with Crippen molar-refractivity contribution in [2.24, 2.45) is 0 Å². The lowest BCUT2D eigenvalue weighted by atomic mass is 10.0. The van der Waals surface area contributed by atoms with Crippen LogP contribution in [-0.4, -0.2) is 42.4 Å². The van der Waals surface area contributed by atoms with Gasteiger partial charge in [0.25, 0.3) is 5.91 Å². The average Bonchev–Trinajstić information content (AvgIpc) is 2.68. The number of benzene rings is 2. The maximum absolute atomic E-state index is 12.9. The highest BCUT2D eigenvalue weighted by atomic mass is 35.5. The van der Waals surface area contributed by atoms with Crippen LogP contribution in [0, 0.1) is 0 Å².